The minimum absolute atomic E-state index is 0.116. The number of methoxy groups -OCH3 is 1. The number of hydrogen-bond acceptors (Lipinski definition) is 4. The lowest BCUT2D eigenvalue weighted by Gasteiger charge is -2.51. The normalized spacial score (nSPS) is 31.2. The highest BCUT2D eigenvalue weighted by atomic mass is 16.5. The van der Waals surface area contributed by atoms with E-state index in [9.17, 15) is 0 Å². The molecule has 0 radical (unpaired) electrons. The van der Waals surface area contributed by atoms with Gasteiger partial charge in [0.1, 0.15) is 0 Å². The number of nitrogens with zero attached hydrogens (tertiary/aromatic N) is 1. The van der Waals surface area contributed by atoms with Crippen LogP contribution in [-0.2, 0) is 4.74 Å². The molecule has 1 rings (SSSR count). The van der Waals surface area contributed by atoms with Crippen LogP contribution >= 0.6 is 0 Å². The monoisotopic (exact) mass is 201 g/mol. The van der Waals surface area contributed by atoms with E-state index in [0.717, 1.165) is 6.42 Å². The number of ether oxygens (including phenoxy) is 1. The maximum Gasteiger partial charge on any atom is 0.153 e. The van der Waals surface area contributed by atoms with Gasteiger partial charge >= 0.3 is 0 Å². The second-order valence-corrected chi connectivity index (χ2v) is 4.31. The van der Waals surface area contributed by atoms with Crippen LogP contribution in [0.25, 0.3) is 0 Å². The van der Waals surface area contributed by atoms with E-state index < -0.39 is 0 Å². The van der Waals surface area contributed by atoms with Crippen molar-refractivity contribution in [2.45, 2.75) is 32.4 Å². The molecule has 0 aromatic heterocycles. The molecule has 82 valence electrons. The molecule has 0 bridgehead atoms. The van der Waals surface area contributed by atoms with Crippen molar-refractivity contribution >= 4 is 5.84 Å². The number of nitrogens with one attached hydrogen (secondary N) is 1. The SMILES string of the molecule is COC1CC(NCC(N)=NO)C1(C)C. The van der Waals surface area contributed by atoms with Crippen molar-refractivity contribution in [1.82, 2.24) is 5.32 Å². The molecule has 2 unspecified atom stereocenters. The highest BCUT2D eigenvalue weighted by Gasteiger charge is 2.48. The molecule has 0 heterocycles. The van der Waals surface area contributed by atoms with Crippen LogP contribution in [0.5, 0.6) is 0 Å². The molecule has 5 heteroatoms. The molecular formula is C9H19N3O2. The average molecular weight is 201 g/mol. The smallest absolute Gasteiger partial charge is 0.153 e. The minimum atomic E-state index is 0.116. The molecule has 1 aliphatic carbocycles. The molecule has 5 nitrogen and oxygen atoms in total. The Morgan fingerprint density at radius 1 is 1.71 bits per heavy atom. The third-order valence-corrected chi connectivity index (χ3v) is 3.12. The number of oxime groups is 1. The summed E-state index contributed by atoms with van der Waals surface area (Å²) >= 11 is 0. The molecule has 2 atom stereocenters. The summed E-state index contributed by atoms with van der Waals surface area (Å²) in [6.07, 6.45) is 1.27. The van der Waals surface area contributed by atoms with Crippen molar-refractivity contribution in [3.8, 4) is 0 Å². The van der Waals surface area contributed by atoms with Crippen LogP contribution in [0, 0.1) is 5.41 Å². The van der Waals surface area contributed by atoms with Gasteiger partial charge in [0, 0.05) is 18.6 Å². The summed E-state index contributed by atoms with van der Waals surface area (Å²) in [4.78, 5) is 0. The van der Waals surface area contributed by atoms with Gasteiger partial charge in [-0.15, -0.1) is 0 Å². The van der Waals surface area contributed by atoms with E-state index in [4.69, 9.17) is 15.7 Å². The Balaban J connectivity index is 2.36. The Morgan fingerprint density at radius 3 is 2.79 bits per heavy atom. The maximum absolute atomic E-state index is 8.36. The van der Waals surface area contributed by atoms with E-state index in [1.165, 1.54) is 0 Å². The van der Waals surface area contributed by atoms with Gasteiger partial charge in [-0.1, -0.05) is 19.0 Å². The molecule has 0 saturated heterocycles. The fourth-order valence-corrected chi connectivity index (χ4v) is 1.89. The zero-order chi connectivity index (χ0) is 10.8. The van der Waals surface area contributed by atoms with Gasteiger partial charge in [0.2, 0.25) is 0 Å². The maximum atomic E-state index is 8.36. The van der Waals surface area contributed by atoms with Crippen LogP contribution in [0.3, 0.4) is 0 Å². The van der Waals surface area contributed by atoms with Crippen LogP contribution < -0.4 is 11.1 Å². The average Bonchev–Trinajstić information content (AvgIpc) is 2.16. The van der Waals surface area contributed by atoms with Gasteiger partial charge < -0.3 is 21.0 Å². The van der Waals surface area contributed by atoms with Crippen molar-refractivity contribution in [3.05, 3.63) is 0 Å². The summed E-state index contributed by atoms with van der Waals surface area (Å²) in [7, 11) is 1.73. The lowest BCUT2D eigenvalue weighted by molar-refractivity contribution is -0.0961. The van der Waals surface area contributed by atoms with Gasteiger partial charge in [-0.25, -0.2) is 0 Å². The Bertz CT molecular complexity index is 228. The zero-order valence-electron chi connectivity index (χ0n) is 8.95. The van der Waals surface area contributed by atoms with Crippen LogP contribution in [0.4, 0.5) is 0 Å². The summed E-state index contributed by atoms with van der Waals surface area (Å²) in [5.74, 6) is 0.210. The molecule has 0 aliphatic heterocycles. The second kappa shape index (κ2) is 4.14. The van der Waals surface area contributed by atoms with Crippen LogP contribution in [0.2, 0.25) is 0 Å². The molecule has 0 aromatic carbocycles. The van der Waals surface area contributed by atoms with Gasteiger partial charge in [0.25, 0.3) is 0 Å². The van der Waals surface area contributed by atoms with E-state index in [1.807, 2.05) is 0 Å². The summed E-state index contributed by atoms with van der Waals surface area (Å²) in [5.41, 5.74) is 5.48. The third-order valence-electron chi connectivity index (χ3n) is 3.12. The largest absolute Gasteiger partial charge is 0.409 e. The Labute approximate surface area is 84.3 Å². The van der Waals surface area contributed by atoms with Crippen LogP contribution in [-0.4, -0.2) is 36.8 Å². The van der Waals surface area contributed by atoms with E-state index in [2.05, 4.69) is 24.3 Å². The van der Waals surface area contributed by atoms with Crippen LogP contribution in [0.1, 0.15) is 20.3 Å². The Hall–Kier alpha value is -0.810. The first-order valence-electron chi connectivity index (χ1n) is 4.75. The van der Waals surface area contributed by atoms with Crippen molar-refractivity contribution in [2.24, 2.45) is 16.3 Å². The zero-order valence-corrected chi connectivity index (χ0v) is 8.95. The standard InChI is InChI=1S/C9H19N3O2/c1-9(2)6(4-7(9)14-3)11-5-8(10)12-13/h6-7,11,13H,4-5H2,1-3H3,(H2,10,12). The summed E-state index contributed by atoms with van der Waals surface area (Å²) in [5, 5.41) is 14.5. The van der Waals surface area contributed by atoms with Gasteiger partial charge in [-0.3, -0.25) is 0 Å². The van der Waals surface area contributed by atoms with Crippen molar-refractivity contribution in [2.75, 3.05) is 13.7 Å². The molecule has 0 aromatic rings. The fraction of sp³-hybridized carbons (Fsp3) is 0.889. The van der Waals surface area contributed by atoms with Crippen LogP contribution in [0.15, 0.2) is 5.16 Å². The molecule has 0 amide bonds. The molecule has 1 saturated carbocycles. The van der Waals surface area contributed by atoms with Gasteiger partial charge in [0.15, 0.2) is 5.84 Å². The predicted octanol–water partition coefficient (Wildman–Crippen LogP) is 0.136. The summed E-state index contributed by atoms with van der Waals surface area (Å²) < 4.78 is 5.31. The highest BCUT2D eigenvalue weighted by Crippen LogP contribution is 2.42. The van der Waals surface area contributed by atoms with Crippen molar-refractivity contribution in [1.29, 1.82) is 0 Å². The Kier molecular flexibility index (Phi) is 3.34. The number of hydrogen-bond donors (Lipinski definition) is 3. The second-order valence-electron chi connectivity index (χ2n) is 4.31. The number of rotatable bonds is 4. The highest BCUT2D eigenvalue weighted by molar-refractivity contribution is 5.81. The van der Waals surface area contributed by atoms with E-state index in [0.29, 0.717) is 18.7 Å². The summed E-state index contributed by atoms with van der Waals surface area (Å²) in [6.45, 7) is 4.71. The van der Waals surface area contributed by atoms with E-state index in [-0.39, 0.29) is 11.3 Å². The fourth-order valence-electron chi connectivity index (χ4n) is 1.89. The van der Waals surface area contributed by atoms with Gasteiger partial charge in [-0.05, 0) is 6.42 Å². The number of nitrogens with two attached hydrogens (primary N) is 1. The first kappa shape index (κ1) is 11.3. The van der Waals surface area contributed by atoms with E-state index in [1.54, 1.807) is 7.11 Å². The quantitative estimate of drug-likeness (QED) is 0.261. The summed E-state index contributed by atoms with van der Waals surface area (Å²) in [6, 6.07) is 0.368. The first-order valence-corrected chi connectivity index (χ1v) is 4.75. The first-order chi connectivity index (χ1) is 6.52. The van der Waals surface area contributed by atoms with E-state index >= 15 is 0 Å². The number of amidine groups is 1. The lowest BCUT2D eigenvalue weighted by Crippen LogP contribution is -2.61. The lowest BCUT2D eigenvalue weighted by atomic mass is 9.64. The minimum Gasteiger partial charge on any atom is -0.409 e. The van der Waals surface area contributed by atoms with Crippen molar-refractivity contribution in [3.63, 3.8) is 0 Å². The molecule has 1 fully saturated rings. The molecular weight excluding hydrogens is 182 g/mol. The predicted molar refractivity (Wildman–Crippen MR) is 54.4 cm³/mol. The topological polar surface area (TPSA) is 79.9 Å². The van der Waals surface area contributed by atoms with Gasteiger partial charge in [-0.2, -0.15) is 0 Å². The third kappa shape index (κ3) is 1.99. The molecule has 4 N–H and O–H groups in total. The van der Waals surface area contributed by atoms with Crippen molar-refractivity contribution < 1.29 is 9.94 Å². The molecule has 14 heavy (non-hydrogen) atoms. The van der Waals surface area contributed by atoms with Gasteiger partial charge in [0.05, 0.1) is 12.6 Å². The molecule has 1 aliphatic rings. The molecule has 0 spiro atoms. The Morgan fingerprint density at radius 2 is 2.36 bits per heavy atom.